The van der Waals surface area contributed by atoms with Crippen LogP contribution >= 0.6 is 0 Å². The van der Waals surface area contributed by atoms with Crippen LogP contribution in [0, 0.1) is 0 Å². The van der Waals surface area contributed by atoms with Gasteiger partial charge in [-0.05, 0) is 36.2 Å². The van der Waals surface area contributed by atoms with Crippen molar-refractivity contribution in [3.8, 4) is 5.75 Å². The molecule has 2 N–H and O–H groups in total. The molecule has 3 rings (SSSR count). The first kappa shape index (κ1) is 23.8. The summed E-state index contributed by atoms with van der Waals surface area (Å²) in [6, 6.07) is 13.3. The molecule has 3 aromatic rings. The first-order valence-corrected chi connectivity index (χ1v) is 10.6. The zero-order valence-electron chi connectivity index (χ0n) is 18.9. The number of hydrogen-bond acceptors (Lipinski definition) is 7. The molecule has 9 heteroatoms. The van der Waals surface area contributed by atoms with Crippen molar-refractivity contribution < 1.29 is 23.8 Å². The summed E-state index contributed by atoms with van der Waals surface area (Å²) >= 11 is 0. The second kappa shape index (κ2) is 11.1. The van der Waals surface area contributed by atoms with Gasteiger partial charge in [-0.3, -0.25) is 9.59 Å². The molecule has 0 aliphatic rings. The van der Waals surface area contributed by atoms with E-state index in [-0.39, 0.29) is 23.9 Å². The zero-order chi connectivity index (χ0) is 23.8. The second-order valence-electron chi connectivity index (χ2n) is 7.78. The van der Waals surface area contributed by atoms with Crippen molar-refractivity contribution in [1.82, 2.24) is 14.9 Å². The average molecular weight is 453 g/mol. The lowest BCUT2D eigenvalue weighted by molar-refractivity contribution is -0.137. The summed E-state index contributed by atoms with van der Waals surface area (Å²) in [6.45, 7) is 0.486. The highest BCUT2D eigenvalue weighted by molar-refractivity contribution is 5.91. The van der Waals surface area contributed by atoms with Crippen molar-refractivity contribution in [3.63, 3.8) is 0 Å². The van der Waals surface area contributed by atoms with Crippen molar-refractivity contribution in [1.29, 1.82) is 0 Å². The largest absolute Gasteiger partial charge is 0.493 e. The van der Waals surface area contributed by atoms with E-state index in [1.807, 2.05) is 49.5 Å². The van der Waals surface area contributed by atoms with Crippen molar-refractivity contribution >= 4 is 17.7 Å². The van der Waals surface area contributed by atoms with Gasteiger partial charge in [0.05, 0.1) is 18.9 Å². The third-order valence-electron chi connectivity index (χ3n) is 5.01. The van der Waals surface area contributed by atoms with Crippen molar-refractivity contribution in [3.05, 3.63) is 71.6 Å². The molecule has 0 spiro atoms. The number of rotatable bonds is 11. The van der Waals surface area contributed by atoms with Crippen molar-refractivity contribution in [2.75, 3.05) is 33.1 Å². The fourth-order valence-corrected chi connectivity index (χ4v) is 3.30. The van der Waals surface area contributed by atoms with Gasteiger partial charge in [0.25, 0.3) is 5.91 Å². The Morgan fingerprint density at radius 3 is 2.58 bits per heavy atom. The summed E-state index contributed by atoms with van der Waals surface area (Å²) in [6.07, 6.45) is 2.19. The molecular formula is C24H28N4O5. The number of oxazole rings is 1. The summed E-state index contributed by atoms with van der Waals surface area (Å²) < 4.78 is 11.3. The van der Waals surface area contributed by atoms with Gasteiger partial charge in [-0.25, -0.2) is 9.97 Å². The van der Waals surface area contributed by atoms with Crippen LogP contribution in [0.15, 0.2) is 53.1 Å². The lowest BCUT2D eigenvalue weighted by Crippen LogP contribution is -2.22. The Kier molecular flexibility index (Phi) is 8.01. The van der Waals surface area contributed by atoms with E-state index >= 15 is 0 Å². The Balaban J connectivity index is 1.60. The van der Waals surface area contributed by atoms with E-state index in [0.717, 1.165) is 17.1 Å². The van der Waals surface area contributed by atoms with Gasteiger partial charge >= 0.3 is 5.97 Å². The molecule has 0 saturated carbocycles. The quantitative estimate of drug-likeness (QED) is 0.455. The highest BCUT2D eigenvalue weighted by Gasteiger charge is 2.23. The fourth-order valence-electron chi connectivity index (χ4n) is 3.30. The number of carboxylic acids is 1. The van der Waals surface area contributed by atoms with Crippen LogP contribution in [0.3, 0.4) is 0 Å². The third kappa shape index (κ3) is 6.80. The van der Waals surface area contributed by atoms with Crippen LogP contribution in [0.25, 0.3) is 0 Å². The lowest BCUT2D eigenvalue weighted by atomic mass is 9.96. The Bertz CT molecular complexity index is 1080. The topological polar surface area (TPSA) is 118 Å². The first-order valence-electron chi connectivity index (χ1n) is 10.6. The highest BCUT2D eigenvalue weighted by Crippen LogP contribution is 2.25. The van der Waals surface area contributed by atoms with E-state index in [4.69, 9.17) is 9.15 Å². The number of carboxylic acid groups (broad SMARTS) is 1. The van der Waals surface area contributed by atoms with Crippen LogP contribution in [-0.4, -0.2) is 59.6 Å². The Hall–Kier alpha value is -3.88. The summed E-state index contributed by atoms with van der Waals surface area (Å²) in [7, 11) is 5.06. The molecule has 1 aromatic carbocycles. The van der Waals surface area contributed by atoms with Crippen LogP contribution < -0.4 is 10.1 Å². The van der Waals surface area contributed by atoms with Crippen molar-refractivity contribution in [2.45, 2.75) is 25.2 Å². The number of amides is 1. The number of pyridine rings is 1. The number of benzene rings is 1. The zero-order valence-corrected chi connectivity index (χ0v) is 18.9. The fraction of sp³-hybridized carbons (Fsp3) is 0.333. The molecule has 0 radical (unpaired) electrons. The van der Waals surface area contributed by atoms with Gasteiger partial charge in [0.15, 0.2) is 11.6 Å². The van der Waals surface area contributed by atoms with Gasteiger partial charge in [-0.1, -0.05) is 18.2 Å². The van der Waals surface area contributed by atoms with Crippen LogP contribution in [0.4, 0.5) is 5.82 Å². The molecule has 1 atom stereocenters. The molecule has 0 aliphatic heterocycles. The predicted octanol–water partition coefficient (Wildman–Crippen LogP) is 3.24. The summed E-state index contributed by atoms with van der Waals surface area (Å²) in [5, 5.41) is 12.3. The maximum atomic E-state index is 12.1. The molecule has 0 fully saturated rings. The molecular weight excluding hydrogens is 424 g/mol. The molecule has 9 nitrogen and oxygen atoms in total. The van der Waals surface area contributed by atoms with Gasteiger partial charge in [-0.15, -0.1) is 0 Å². The number of carbonyl (C=O) groups excluding carboxylic acids is 1. The smallest absolute Gasteiger partial charge is 0.304 e. The first-order chi connectivity index (χ1) is 15.9. The van der Waals surface area contributed by atoms with Crippen LogP contribution in [0.5, 0.6) is 5.75 Å². The minimum Gasteiger partial charge on any atom is -0.493 e. The van der Waals surface area contributed by atoms with E-state index in [2.05, 4.69) is 15.3 Å². The van der Waals surface area contributed by atoms with Gasteiger partial charge in [-0.2, -0.15) is 0 Å². The SMILES string of the molecule is CNc1cccc(CCOc2ccc(CC(CC(=O)O)c3nc(C(=O)N(C)C)co3)cc2)n1. The van der Waals surface area contributed by atoms with E-state index in [1.165, 1.54) is 11.2 Å². The monoisotopic (exact) mass is 452 g/mol. The number of nitrogens with one attached hydrogen (secondary N) is 1. The average Bonchev–Trinajstić information content (AvgIpc) is 3.29. The van der Waals surface area contributed by atoms with E-state index in [9.17, 15) is 14.7 Å². The molecule has 33 heavy (non-hydrogen) atoms. The normalized spacial score (nSPS) is 11.6. The molecule has 1 amide bonds. The van der Waals surface area contributed by atoms with E-state index in [1.54, 1.807) is 14.1 Å². The van der Waals surface area contributed by atoms with Gasteiger partial charge in [0, 0.05) is 33.3 Å². The van der Waals surface area contributed by atoms with Crippen LogP contribution in [0.1, 0.15) is 40.0 Å². The lowest BCUT2D eigenvalue weighted by Gasteiger charge is -2.12. The van der Waals surface area contributed by atoms with E-state index < -0.39 is 11.9 Å². The number of ether oxygens (including phenoxy) is 1. The third-order valence-corrected chi connectivity index (χ3v) is 5.01. The van der Waals surface area contributed by atoms with Gasteiger partial charge < -0.3 is 24.5 Å². The summed E-state index contributed by atoms with van der Waals surface area (Å²) in [5.41, 5.74) is 2.01. The van der Waals surface area contributed by atoms with Crippen LogP contribution in [0.2, 0.25) is 0 Å². The Labute approximate surface area is 192 Å². The number of hydrogen-bond donors (Lipinski definition) is 2. The Morgan fingerprint density at radius 2 is 1.91 bits per heavy atom. The predicted molar refractivity (Wildman–Crippen MR) is 123 cm³/mol. The minimum atomic E-state index is -0.963. The molecule has 0 aliphatic carbocycles. The summed E-state index contributed by atoms with van der Waals surface area (Å²) in [5.74, 6) is 0.0103. The van der Waals surface area contributed by atoms with Crippen molar-refractivity contribution in [2.24, 2.45) is 0 Å². The molecule has 2 aromatic heterocycles. The molecule has 2 heterocycles. The highest BCUT2D eigenvalue weighted by atomic mass is 16.5. The number of nitrogens with zero attached hydrogens (tertiary/aromatic N) is 3. The molecule has 1 unspecified atom stereocenters. The Morgan fingerprint density at radius 1 is 1.15 bits per heavy atom. The maximum absolute atomic E-state index is 12.1. The standard InChI is InChI=1S/C24H28N4O5/c1-25-21-6-4-5-18(26-21)11-12-32-19-9-7-16(8-10-19)13-17(14-22(29)30)23-27-20(15-33-23)24(31)28(2)3/h4-10,15,17H,11-14H2,1-3H3,(H,25,26)(H,29,30). The van der Waals surface area contributed by atoms with Gasteiger partial charge in [0.1, 0.15) is 17.8 Å². The molecule has 0 saturated heterocycles. The maximum Gasteiger partial charge on any atom is 0.304 e. The number of aromatic nitrogens is 2. The van der Waals surface area contributed by atoms with Crippen LogP contribution in [-0.2, 0) is 17.6 Å². The second-order valence-corrected chi connectivity index (χ2v) is 7.78. The number of carbonyl (C=O) groups is 2. The molecule has 174 valence electrons. The van der Waals surface area contributed by atoms with E-state index in [0.29, 0.717) is 25.2 Å². The van der Waals surface area contributed by atoms with Gasteiger partial charge in [0.2, 0.25) is 0 Å². The summed E-state index contributed by atoms with van der Waals surface area (Å²) in [4.78, 5) is 33.5. The number of anilines is 1. The molecule has 0 bridgehead atoms. The minimum absolute atomic E-state index is 0.156. The number of aliphatic carboxylic acids is 1.